The summed E-state index contributed by atoms with van der Waals surface area (Å²) in [5.74, 6) is -1.11. The summed E-state index contributed by atoms with van der Waals surface area (Å²) in [5, 5.41) is 10.8. The van der Waals surface area contributed by atoms with E-state index in [9.17, 15) is 9.90 Å². The maximum atomic E-state index is 10.8. The second-order valence-electron chi connectivity index (χ2n) is 5.30. The van der Waals surface area contributed by atoms with Gasteiger partial charge in [-0.2, -0.15) is 0 Å². The Kier molecular flexibility index (Phi) is 2.88. The number of rotatable bonds is 1. The minimum atomic E-state index is -1.11. The molecule has 14 heavy (non-hydrogen) atoms. The van der Waals surface area contributed by atoms with Crippen LogP contribution in [0, 0.1) is 0 Å². The molecule has 0 aromatic heterocycles. The quantitative estimate of drug-likeness (QED) is 0.510. The predicted molar refractivity (Wildman–Crippen MR) is 51.6 cm³/mol. The van der Waals surface area contributed by atoms with Gasteiger partial charge in [0.05, 0.1) is 30.1 Å². The summed E-state index contributed by atoms with van der Waals surface area (Å²) < 4.78 is 0. The van der Waals surface area contributed by atoms with E-state index in [-0.39, 0.29) is 5.54 Å². The molecular weight excluding hydrogens is 180 g/mol. The van der Waals surface area contributed by atoms with Crippen molar-refractivity contribution in [3.05, 3.63) is 0 Å². The van der Waals surface area contributed by atoms with Crippen LogP contribution < -0.4 is 15.7 Å². The molecule has 0 radical (unpaired) electrons. The van der Waals surface area contributed by atoms with Gasteiger partial charge in [0.15, 0.2) is 0 Å². The van der Waals surface area contributed by atoms with E-state index in [1.165, 1.54) is 4.90 Å². The summed E-state index contributed by atoms with van der Waals surface area (Å²) in [6.45, 7) is 8.10. The van der Waals surface area contributed by atoms with Gasteiger partial charge in [-0.05, 0) is 20.8 Å². The van der Waals surface area contributed by atoms with Gasteiger partial charge in [0.2, 0.25) is 0 Å². The molecular formula is C10H20N2O2. The topological polar surface area (TPSA) is 70.6 Å². The van der Waals surface area contributed by atoms with Gasteiger partial charge in [-0.1, -0.05) is 0 Å². The number of carboxylic acids is 1. The second-order valence-corrected chi connectivity index (χ2v) is 5.30. The number of aliphatic carboxylic acids is 1. The zero-order chi connectivity index (χ0) is 11.0. The molecule has 0 spiro atoms. The monoisotopic (exact) mass is 200 g/mol. The molecule has 3 N–H and O–H groups in total. The van der Waals surface area contributed by atoms with Crippen molar-refractivity contribution in [2.75, 3.05) is 13.1 Å². The molecule has 0 atom stereocenters. The molecule has 0 aliphatic carbocycles. The van der Waals surface area contributed by atoms with Crippen molar-refractivity contribution in [1.29, 1.82) is 0 Å². The first-order valence-corrected chi connectivity index (χ1v) is 5.11. The van der Waals surface area contributed by atoms with Crippen LogP contribution in [-0.2, 0) is 4.79 Å². The summed E-state index contributed by atoms with van der Waals surface area (Å²) >= 11 is 0. The van der Waals surface area contributed by atoms with Crippen LogP contribution in [-0.4, -0.2) is 30.1 Å². The normalized spacial score (nSPS) is 34.1. The van der Waals surface area contributed by atoms with E-state index in [2.05, 4.69) is 20.8 Å². The Morgan fingerprint density at radius 2 is 1.79 bits per heavy atom. The molecule has 1 heterocycles. The van der Waals surface area contributed by atoms with Gasteiger partial charge < -0.3 is 20.5 Å². The Hall–Kier alpha value is -0.610. The van der Waals surface area contributed by atoms with Crippen LogP contribution in [0.2, 0.25) is 0 Å². The van der Waals surface area contributed by atoms with Crippen LogP contribution in [0.4, 0.5) is 0 Å². The molecule has 0 aromatic rings. The molecule has 4 heteroatoms. The Morgan fingerprint density at radius 1 is 1.36 bits per heavy atom. The third-order valence-electron chi connectivity index (χ3n) is 3.21. The van der Waals surface area contributed by atoms with Crippen molar-refractivity contribution >= 4 is 5.97 Å². The summed E-state index contributed by atoms with van der Waals surface area (Å²) in [4.78, 5) is 12.2. The number of piperidine rings is 1. The molecule has 1 aliphatic heterocycles. The molecule has 1 rings (SSSR count). The van der Waals surface area contributed by atoms with Crippen LogP contribution in [0.15, 0.2) is 0 Å². The van der Waals surface area contributed by atoms with Gasteiger partial charge in [0.1, 0.15) is 0 Å². The number of likely N-dealkylation sites (tertiary alicyclic amines) is 1. The molecule has 0 bridgehead atoms. The standard InChI is InChI=1S/C10H20N2O2/c1-9(2,3)12-6-4-10(11,5-7-12)8(13)14/h4-7,11H2,1-3H3,(H,13,14). The highest BCUT2D eigenvalue weighted by Crippen LogP contribution is 2.13. The van der Waals surface area contributed by atoms with Crippen molar-refractivity contribution in [3.8, 4) is 0 Å². The number of hydrogen-bond donors (Lipinski definition) is 2. The van der Waals surface area contributed by atoms with Gasteiger partial charge in [-0.3, -0.25) is 0 Å². The Bertz CT molecular complexity index is 225. The number of carbonyl (C=O) groups excluding carboxylic acids is 1. The maximum absolute atomic E-state index is 10.8. The van der Waals surface area contributed by atoms with E-state index >= 15 is 0 Å². The summed E-state index contributed by atoms with van der Waals surface area (Å²) in [6.07, 6.45) is 1.03. The minimum Gasteiger partial charge on any atom is -0.548 e. The summed E-state index contributed by atoms with van der Waals surface area (Å²) in [5.41, 5.74) is 4.82. The molecule has 4 nitrogen and oxygen atoms in total. The third kappa shape index (κ3) is 2.25. The number of quaternary nitrogens is 1. The lowest BCUT2D eigenvalue weighted by molar-refractivity contribution is -0.951. The van der Waals surface area contributed by atoms with Crippen LogP contribution in [0.1, 0.15) is 33.6 Å². The first-order valence-electron chi connectivity index (χ1n) is 5.11. The smallest absolute Gasteiger partial charge is 0.0891 e. The van der Waals surface area contributed by atoms with Gasteiger partial charge in [-0.25, -0.2) is 0 Å². The zero-order valence-corrected chi connectivity index (χ0v) is 9.22. The van der Waals surface area contributed by atoms with Crippen molar-refractivity contribution < 1.29 is 14.8 Å². The van der Waals surface area contributed by atoms with Gasteiger partial charge in [-0.15, -0.1) is 0 Å². The van der Waals surface area contributed by atoms with E-state index in [0.29, 0.717) is 12.8 Å². The SMILES string of the molecule is CC(C)(C)[NH+]1CCC(N)(C(=O)[O-])CC1. The summed E-state index contributed by atoms with van der Waals surface area (Å²) in [6, 6.07) is 0. The first-order chi connectivity index (χ1) is 6.26. The average molecular weight is 200 g/mol. The summed E-state index contributed by atoms with van der Waals surface area (Å²) in [7, 11) is 0. The minimum absolute atomic E-state index is 0.174. The van der Waals surface area contributed by atoms with Crippen molar-refractivity contribution in [2.24, 2.45) is 5.73 Å². The molecule has 0 amide bonds. The number of carboxylic acid groups (broad SMARTS) is 1. The lowest BCUT2D eigenvalue weighted by Gasteiger charge is -2.42. The van der Waals surface area contributed by atoms with Crippen LogP contribution in [0.25, 0.3) is 0 Å². The van der Waals surface area contributed by atoms with Crippen molar-refractivity contribution in [3.63, 3.8) is 0 Å². The van der Waals surface area contributed by atoms with E-state index in [0.717, 1.165) is 13.1 Å². The Labute approximate surface area is 85.1 Å². The first kappa shape index (κ1) is 11.5. The van der Waals surface area contributed by atoms with E-state index < -0.39 is 11.5 Å². The predicted octanol–water partition coefficient (Wildman–Crippen LogP) is -2.09. The van der Waals surface area contributed by atoms with Crippen LogP contribution in [0.5, 0.6) is 0 Å². The molecule has 0 saturated carbocycles. The molecule has 82 valence electrons. The number of nitrogens with one attached hydrogen (secondary N) is 1. The Morgan fingerprint density at radius 3 is 2.07 bits per heavy atom. The highest BCUT2D eigenvalue weighted by atomic mass is 16.4. The van der Waals surface area contributed by atoms with Crippen LogP contribution >= 0.6 is 0 Å². The molecule has 1 saturated heterocycles. The fraction of sp³-hybridized carbons (Fsp3) is 0.900. The average Bonchev–Trinajstić information content (AvgIpc) is 2.03. The molecule has 0 unspecified atom stereocenters. The zero-order valence-electron chi connectivity index (χ0n) is 9.22. The highest BCUT2D eigenvalue weighted by molar-refractivity contribution is 5.76. The number of hydrogen-bond acceptors (Lipinski definition) is 3. The third-order valence-corrected chi connectivity index (χ3v) is 3.21. The molecule has 0 aromatic carbocycles. The fourth-order valence-electron chi connectivity index (χ4n) is 1.95. The lowest BCUT2D eigenvalue weighted by Crippen LogP contribution is -3.20. The molecule has 1 aliphatic rings. The van der Waals surface area contributed by atoms with Crippen molar-refractivity contribution in [2.45, 2.75) is 44.7 Å². The van der Waals surface area contributed by atoms with E-state index in [1.54, 1.807) is 0 Å². The Balaban J connectivity index is 2.59. The number of carbonyl (C=O) groups is 1. The van der Waals surface area contributed by atoms with E-state index in [4.69, 9.17) is 5.73 Å². The van der Waals surface area contributed by atoms with Crippen molar-refractivity contribution in [1.82, 2.24) is 0 Å². The number of nitrogens with two attached hydrogens (primary N) is 1. The lowest BCUT2D eigenvalue weighted by atomic mass is 9.87. The van der Waals surface area contributed by atoms with Gasteiger partial charge >= 0.3 is 0 Å². The van der Waals surface area contributed by atoms with Gasteiger partial charge in [0.25, 0.3) is 0 Å². The van der Waals surface area contributed by atoms with Crippen LogP contribution in [0.3, 0.4) is 0 Å². The maximum Gasteiger partial charge on any atom is 0.0891 e. The highest BCUT2D eigenvalue weighted by Gasteiger charge is 2.38. The second kappa shape index (κ2) is 3.51. The molecule has 1 fully saturated rings. The fourth-order valence-corrected chi connectivity index (χ4v) is 1.95. The van der Waals surface area contributed by atoms with E-state index in [1.807, 2.05) is 0 Å². The largest absolute Gasteiger partial charge is 0.548 e. The van der Waals surface area contributed by atoms with Gasteiger partial charge in [0, 0.05) is 12.8 Å².